The van der Waals surface area contributed by atoms with Gasteiger partial charge in [-0.1, -0.05) is 0 Å². The fraction of sp³-hybridized carbons (Fsp3) is 1.00. The van der Waals surface area contributed by atoms with Crippen LogP contribution in [0.2, 0.25) is 0 Å². The zero-order valence-electron chi connectivity index (χ0n) is 9.33. The second-order valence-electron chi connectivity index (χ2n) is 3.02. The van der Waals surface area contributed by atoms with Gasteiger partial charge in [0, 0.05) is 23.1 Å². The van der Waals surface area contributed by atoms with Crippen molar-refractivity contribution in [3.05, 3.63) is 20.2 Å². The third kappa shape index (κ3) is 6.25. The van der Waals surface area contributed by atoms with Gasteiger partial charge in [0.05, 0.1) is 0 Å². The standard InChI is InChI=1S/C8H16N2O6/c1-3-15-7(5-9(11)12)8(16-4-2)6-10(13)14/h7-8H,3-6H2,1-2H3. The zero-order valence-corrected chi connectivity index (χ0v) is 9.33. The van der Waals surface area contributed by atoms with Crippen molar-refractivity contribution in [2.45, 2.75) is 26.1 Å². The minimum Gasteiger partial charge on any atom is -0.369 e. The Hall–Kier alpha value is -1.28. The molecule has 94 valence electrons. The maximum Gasteiger partial charge on any atom is 0.232 e. The van der Waals surface area contributed by atoms with Gasteiger partial charge in [0.2, 0.25) is 13.1 Å². The first-order chi connectivity index (χ1) is 7.51. The van der Waals surface area contributed by atoms with Gasteiger partial charge in [-0.15, -0.1) is 0 Å². The summed E-state index contributed by atoms with van der Waals surface area (Å²) in [5.74, 6) is 0. The molecule has 0 N–H and O–H groups in total. The Labute approximate surface area is 92.8 Å². The fourth-order valence-corrected chi connectivity index (χ4v) is 1.28. The van der Waals surface area contributed by atoms with E-state index >= 15 is 0 Å². The predicted molar refractivity (Wildman–Crippen MR) is 54.6 cm³/mol. The molecule has 0 aliphatic heterocycles. The molecular formula is C8H16N2O6. The molecule has 0 radical (unpaired) electrons. The van der Waals surface area contributed by atoms with Gasteiger partial charge in [0.25, 0.3) is 0 Å². The molecule has 0 aliphatic carbocycles. The molecule has 0 heterocycles. The molecule has 0 bridgehead atoms. The molecule has 0 saturated carbocycles. The van der Waals surface area contributed by atoms with Gasteiger partial charge in [-0.3, -0.25) is 20.2 Å². The van der Waals surface area contributed by atoms with Crippen LogP contribution in [0.5, 0.6) is 0 Å². The van der Waals surface area contributed by atoms with E-state index in [0.717, 1.165) is 0 Å². The molecule has 2 unspecified atom stereocenters. The molecule has 0 rings (SSSR count). The average Bonchev–Trinajstić information content (AvgIpc) is 2.15. The van der Waals surface area contributed by atoms with Crippen LogP contribution in [0.25, 0.3) is 0 Å². The highest BCUT2D eigenvalue weighted by atomic mass is 16.6. The van der Waals surface area contributed by atoms with Crippen LogP contribution < -0.4 is 0 Å². The molecule has 0 aromatic carbocycles. The summed E-state index contributed by atoms with van der Waals surface area (Å²) >= 11 is 0. The summed E-state index contributed by atoms with van der Waals surface area (Å²) in [6, 6.07) is 0. The molecule has 16 heavy (non-hydrogen) atoms. The van der Waals surface area contributed by atoms with E-state index in [2.05, 4.69) is 0 Å². The van der Waals surface area contributed by atoms with Gasteiger partial charge in [-0.25, -0.2) is 0 Å². The summed E-state index contributed by atoms with van der Waals surface area (Å²) < 4.78 is 10.2. The van der Waals surface area contributed by atoms with Crippen LogP contribution in [0.4, 0.5) is 0 Å². The largest absolute Gasteiger partial charge is 0.369 e. The lowest BCUT2D eigenvalue weighted by molar-refractivity contribution is -0.514. The first-order valence-electron chi connectivity index (χ1n) is 4.98. The highest BCUT2D eigenvalue weighted by molar-refractivity contribution is 4.69. The van der Waals surface area contributed by atoms with Crippen molar-refractivity contribution in [2.75, 3.05) is 26.3 Å². The SMILES string of the molecule is CCOC(C[N+](=O)[O-])C(C[N+](=O)[O-])OCC. The van der Waals surface area contributed by atoms with Crippen molar-refractivity contribution >= 4 is 0 Å². The van der Waals surface area contributed by atoms with Gasteiger partial charge >= 0.3 is 0 Å². The van der Waals surface area contributed by atoms with Crippen molar-refractivity contribution in [3.63, 3.8) is 0 Å². The smallest absolute Gasteiger partial charge is 0.232 e. The van der Waals surface area contributed by atoms with Gasteiger partial charge in [0.1, 0.15) is 0 Å². The summed E-state index contributed by atoms with van der Waals surface area (Å²) in [5, 5.41) is 20.8. The monoisotopic (exact) mass is 236 g/mol. The number of nitro groups is 2. The zero-order chi connectivity index (χ0) is 12.6. The van der Waals surface area contributed by atoms with Gasteiger partial charge in [0.15, 0.2) is 12.2 Å². The van der Waals surface area contributed by atoms with Gasteiger partial charge < -0.3 is 9.47 Å². The van der Waals surface area contributed by atoms with E-state index in [1.165, 1.54) is 0 Å². The Kier molecular flexibility index (Phi) is 7.31. The van der Waals surface area contributed by atoms with Crippen molar-refractivity contribution in [3.8, 4) is 0 Å². The highest BCUT2D eigenvalue weighted by Gasteiger charge is 2.31. The van der Waals surface area contributed by atoms with Crippen LogP contribution in [0.3, 0.4) is 0 Å². The lowest BCUT2D eigenvalue weighted by atomic mass is 10.2. The van der Waals surface area contributed by atoms with Crippen LogP contribution in [0, 0.1) is 20.2 Å². The lowest BCUT2D eigenvalue weighted by Gasteiger charge is -2.20. The number of hydrogen-bond acceptors (Lipinski definition) is 6. The Morgan fingerprint density at radius 3 is 1.44 bits per heavy atom. The summed E-state index contributed by atoms with van der Waals surface area (Å²) in [7, 11) is 0. The molecule has 0 aliphatic rings. The van der Waals surface area contributed by atoms with Crippen LogP contribution in [0.1, 0.15) is 13.8 Å². The molecule has 0 saturated heterocycles. The van der Waals surface area contributed by atoms with E-state index in [1.807, 2.05) is 0 Å². The second-order valence-corrected chi connectivity index (χ2v) is 3.02. The topological polar surface area (TPSA) is 105 Å². The van der Waals surface area contributed by atoms with E-state index in [-0.39, 0.29) is 13.2 Å². The van der Waals surface area contributed by atoms with Gasteiger partial charge in [-0.2, -0.15) is 0 Å². The summed E-state index contributed by atoms with van der Waals surface area (Å²) in [5.41, 5.74) is 0. The third-order valence-corrected chi connectivity index (χ3v) is 1.83. The van der Waals surface area contributed by atoms with E-state index in [1.54, 1.807) is 13.8 Å². The molecule has 0 fully saturated rings. The van der Waals surface area contributed by atoms with E-state index < -0.39 is 35.1 Å². The number of rotatable bonds is 9. The average molecular weight is 236 g/mol. The van der Waals surface area contributed by atoms with Crippen LogP contribution in [-0.4, -0.2) is 48.4 Å². The first-order valence-corrected chi connectivity index (χ1v) is 4.98. The Morgan fingerprint density at radius 1 is 0.938 bits per heavy atom. The fourth-order valence-electron chi connectivity index (χ4n) is 1.28. The Bertz CT molecular complexity index is 211. The predicted octanol–water partition coefficient (Wildman–Crippen LogP) is 0.350. The molecule has 0 aromatic rings. The Morgan fingerprint density at radius 2 is 1.25 bits per heavy atom. The third-order valence-electron chi connectivity index (χ3n) is 1.83. The maximum absolute atomic E-state index is 10.4. The summed E-state index contributed by atoms with van der Waals surface area (Å²) in [4.78, 5) is 19.6. The quantitative estimate of drug-likeness (QED) is 0.422. The Balaban J connectivity index is 4.49. The van der Waals surface area contributed by atoms with Crippen LogP contribution >= 0.6 is 0 Å². The van der Waals surface area contributed by atoms with E-state index in [9.17, 15) is 20.2 Å². The molecule has 2 atom stereocenters. The molecule has 0 aromatic heterocycles. The van der Waals surface area contributed by atoms with Crippen molar-refractivity contribution in [2.24, 2.45) is 0 Å². The maximum atomic E-state index is 10.4. The first kappa shape index (κ1) is 14.7. The molecule has 8 nitrogen and oxygen atoms in total. The summed E-state index contributed by atoms with van der Waals surface area (Å²) in [6.45, 7) is 2.85. The molecular weight excluding hydrogens is 220 g/mol. The van der Waals surface area contributed by atoms with Crippen molar-refractivity contribution in [1.82, 2.24) is 0 Å². The number of hydrogen-bond donors (Lipinski definition) is 0. The van der Waals surface area contributed by atoms with Crippen molar-refractivity contribution < 1.29 is 19.3 Å². The van der Waals surface area contributed by atoms with E-state index in [0.29, 0.717) is 0 Å². The second kappa shape index (κ2) is 7.94. The minimum absolute atomic E-state index is 0.250. The number of nitrogens with zero attached hydrogens (tertiary/aromatic N) is 2. The molecule has 0 amide bonds. The molecule has 0 spiro atoms. The highest BCUT2D eigenvalue weighted by Crippen LogP contribution is 2.06. The summed E-state index contributed by atoms with van der Waals surface area (Å²) in [6.07, 6.45) is -1.77. The van der Waals surface area contributed by atoms with Crippen LogP contribution in [0.15, 0.2) is 0 Å². The van der Waals surface area contributed by atoms with Crippen LogP contribution in [-0.2, 0) is 9.47 Å². The van der Waals surface area contributed by atoms with Gasteiger partial charge in [-0.05, 0) is 13.8 Å². The van der Waals surface area contributed by atoms with E-state index in [4.69, 9.17) is 9.47 Å². The number of ether oxygens (including phenoxy) is 2. The normalized spacial score (nSPS) is 14.4. The minimum atomic E-state index is -0.884. The van der Waals surface area contributed by atoms with Crippen molar-refractivity contribution in [1.29, 1.82) is 0 Å². The lowest BCUT2D eigenvalue weighted by Crippen LogP contribution is -2.41. The molecule has 8 heteroatoms.